The summed E-state index contributed by atoms with van der Waals surface area (Å²) in [7, 11) is 0. The Labute approximate surface area is 238 Å². The zero-order chi connectivity index (χ0) is 28.4. The minimum absolute atomic E-state index is 0.00262. The second-order valence-corrected chi connectivity index (χ2v) is 11.0. The summed E-state index contributed by atoms with van der Waals surface area (Å²) < 4.78 is 17.3. The lowest BCUT2D eigenvalue weighted by molar-refractivity contribution is -0.138. The highest BCUT2D eigenvalue weighted by Gasteiger charge is 2.56. The molecule has 0 bridgehead atoms. The van der Waals surface area contributed by atoms with Crippen LogP contribution in [0.2, 0.25) is 5.02 Å². The number of carbonyl (C=O) groups excluding carboxylic acids is 3. The van der Waals surface area contributed by atoms with Crippen molar-refractivity contribution in [3.8, 4) is 11.1 Å². The number of rotatable bonds is 6. The first-order chi connectivity index (χ1) is 19.8. The molecule has 9 nitrogen and oxygen atoms in total. The highest BCUT2D eigenvalue weighted by atomic mass is 35.5. The number of aromatic nitrogens is 4. The summed E-state index contributed by atoms with van der Waals surface area (Å²) >= 11 is 6.54. The number of aromatic amines is 1. The Morgan fingerprint density at radius 1 is 1.07 bits per heavy atom. The van der Waals surface area contributed by atoms with E-state index >= 15 is 4.39 Å². The minimum Gasteiger partial charge on any atom is -0.345 e. The average molecular weight is 571 g/mol. The van der Waals surface area contributed by atoms with Gasteiger partial charge in [0.25, 0.3) is 0 Å². The lowest BCUT2D eigenvalue weighted by atomic mass is 10.0. The van der Waals surface area contributed by atoms with Gasteiger partial charge in [-0.1, -0.05) is 48.0 Å². The van der Waals surface area contributed by atoms with Crippen LogP contribution in [0.3, 0.4) is 0 Å². The molecule has 11 heteroatoms. The molecule has 41 heavy (non-hydrogen) atoms. The van der Waals surface area contributed by atoms with Crippen LogP contribution in [0.15, 0.2) is 60.9 Å². The van der Waals surface area contributed by atoms with Gasteiger partial charge in [-0.3, -0.25) is 19.1 Å². The third-order valence-electron chi connectivity index (χ3n) is 8.05. The van der Waals surface area contributed by atoms with E-state index in [0.29, 0.717) is 39.1 Å². The van der Waals surface area contributed by atoms with Crippen LogP contribution in [0.1, 0.15) is 30.3 Å². The average Bonchev–Trinajstić information content (AvgIpc) is 3.29. The van der Waals surface area contributed by atoms with Crippen molar-refractivity contribution in [1.82, 2.24) is 24.6 Å². The molecule has 0 radical (unpaired) electrons. The van der Waals surface area contributed by atoms with Crippen LogP contribution in [0, 0.1) is 11.7 Å². The van der Waals surface area contributed by atoms with Crippen LogP contribution in [-0.2, 0) is 16.1 Å². The molecule has 0 spiro atoms. The van der Waals surface area contributed by atoms with E-state index in [1.807, 2.05) is 18.2 Å². The van der Waals surface area contributed by atoms with Gasteiger partial charge < -0.3 is 15.2 Å². The van der Waals surface area contributed by atoms with E-state index < -0.39 is 17.8 Å². The van der Waals surface area contributed by atoms with E-state index in [9.17, 15) is 14.4 Å². The Hall–Kier alpha value is -4.57. The summed E-state index contributed by atoms with van der Waals surface area (Å²) in [6, 6.07) is 14.6. The first kappa shape index (κ1) is 25.4. The standard InChI is InChI=1S/C30H24ClFN6O3/c1-15(39)28-19-5-2-3-8-22(19)37(36-28)13-25(40)38-23-11-16(23)12-24(38)30(41)35-20-7-4-6-18(27(20)32)17-9-10-21-29(26(17)31)34-14-33-21/h2-10,14,16,23-24H,11-13H2,1H3,(H,33,34)(H,35,41)/t16-,23-,24+/m1/s1. The molecule has 7 rings (SSSR count). The molecular formula is C30H24ClFN6O3. The quantitative estimate of drug-likeness (QED) is 0.272. The molecule has 2 amide bonds. The predicted octanol–water partition coefficient (Wildman–Crippen LogP) is 5.20. The van der Waals surface area contributed by atoms with Gasteiger partial charge in [0.05, 0.1) is 28.1 Å². The van der Waals surface area contributed by atoms with Crippen molar-refractivity contribution in [3.63, 3.8) is 0 Å². The van der Waals surface area contributed by atoms with Crippen molar-refractivity contribution < 1.29 is 18.8 Å². The van der Waals surface area contributed by atoms with Crippen molar-refractivity contribution in [3.05, 3.63) is 77.5 Å². The molecule has 3 heterocycles. The number of nitrogens with one attached hydrogen (secondary N) is 2. The van der Waals surface area contributed by atoms with Crippen molar-refractivity contribution in [2.75, 3.05) is 5.32 Å². The molecule has 1 saturated carbocycles. The van der Waals surface area contributed by atoms with Crippen molar-refractivity contribution in [2.24, 2.45) is 5.92 Å². The Morgan fingerprint density at radius 3 is 2.73 bits per heavy atom. The number of likely N-dealkylation sites (tertiary alicyclic amines) is 1. The maximum absolute atomic E-state index is 15.7. The van der Waals surface area contributed by atoms with Crippen molar-refractivity contribution in [1.29, 1.82) is 0 Å². The summed E-state index contributed by atoms with van der Waals surface area (Å²) in [5.74, 6) is -1.31. The van der Waals surface area contributed by atoms with E-state index in [-0.39, 0.29) is 41.4 Å². The molecule has 1 aliphatic heterocycles. The fourth-order valence-electron chi connectivity index (χ4n) is 6.00. The number of amides is 2. The summed E-state index contributed by atoms with van der Waals surface area (Å²) in [4.78, 5) is 48.0. The predicted molar refractivity (Wildman–Crippen MR) is 152 cm³/mol. The van der Waals surface area contributed by atoms with E-state index in [1.54, 1.807) is 35.2 Å². The normalized spacial score (nSPS) is 19.5. The van der Waals surface area contributed by atoms with Gasteiger partial charge in [0.1, 0.15) is 23.8 Å². The summed E-state index contributed by atoms with van der Waals surface area (Å²) in [5.41, 5.74) is 2.91. The summed E-state index contributed by atoms with van der Waals surface area (Å²) in [5, 5.41) is 8.09. The highest BCUT2D eigenvalue weighted by Crippen LogP contribution is 2.48. The first-order valence-electron chi connectivity index (χ1n) is 13.3. The second-order valence-electron chi connectivity index (χ2n) is 10.6. The summed E-state index contributed by atoms with van der Waals surface area (Å²) in [6.07, 6.45) is 2.85. The maximum Gasteiger partial charge on any atom is 0.247 e. The smallest absolute Gasteiger partial charge is 0.247 e. The molecule has 3 aromatic carbocycles. The summed E-state index contributed by atoms with van der Waals surface area (Å²) in [6.45, 7) is 1.33. The van der Waals surface area contributed by atoms with Gasteiger partial charge in [0.2, 0.25) is 11.8 Å². The third-order valence-corrected chi connectivity index (χ3v) is 8.43. The highest BCUT2D eigenvalue weighted by molar-refractivity contribution is 6.37. The lowest BCUT2D eigenvalue weighted by Crippen LogP contribution is -2.46. The number of para-hydroxylation sites is 1. The molecule has 2 fully saturated rings. The number of nitrogens with zero attached hydrogens (tertiary/aromatic N) is 4. The Bertz CT molecular complexity index is 1900. The number of hydrogen-bond acceptors (Lipinski definition) is 5. The van der Waals surface area contributed by atoms with Crippen LogP contribution >= 0.6 is 11.6 Å². The Morgan fingerprint density at radius 2 is 1.90 bits per heavy atom. The van der Waals surface area contributed by atoms with Gasteiger partial charge in [-0.05, 0) is 37.0 Å². The molecule has 1 aliphatic carbocycles. The first-order valence-corrected chi connectivity index (χ1v) is 13.7. The Kier molecular flexibility index (Phi) is 5.90. The second kappa shape index (κ2) is 9.52. The molecule has 2 aromatic heterocycles. The van der Waals surface area contributed by atoms with Crippen LogP contribution in [0.5, 0.6) is 0 Å². The zero-order valence-electron chi connectivity index (χ0n) is 21.9. The fourth-order valence-corrected chi connectivity index (χ4v) is 6.32. The maximum atomic E-state index is 15.7. The Balaban J connectivity index is 1.14. The van der Waals surface area contributed by atoms with Gasteiger partial charge >= 0.3 is 0 Å². The monoisotopic (exact) mass is 570 g/mol. The van der Waals surface area contributed by atoms with Gasteiger partial charge in [-0.2, -0.15) is 5.10 Å². The van der Waals surface area contributed by atoms with Crippen LogP contribution < -0.4 is 5.32 Å². The lowest BCUT2D eigenvalue weighted by Gasteiger charge is -2.27. The molecule has 3 atom stereocenters. The number of H-pyrrole nitrogens is 1. The van der Waals surface area contributed by atoms with Gasteiger partial charge in [0, 0.05) is 29.5 Å². The molecule has 0 unspecified atom stereocenters. The molecular weight excluding hydrogens is 547 g/mol. The molecule has 2 aliphatic rings. The van der Waals surface area contributed by atoms with Crippen LogP contribution in [0.25, 0.3) is 33.1 Å². The number of carbonyl (C=O) groups is 3. The number of anilines is 1. The number of piperidine rings is 1. The molecule has 206 valence electrons. The number of Topliss-reactive ketones (excluding diaryl/α,β-unsaturated/α-hetero) is 1. The fraction of sp³-hybridized carbons (Fsp3) is 0.233. The number of fused-ring (bicyclic) bond motifs is 3. The van der Waals surface area contributed by atoms with E-state index in [1.165, 1.54) is 24.0 Å². The third kappa shape index (κ3) is 4.17. The van der Waals surface area contributed by atoms with Gasteiger partial charge in [0.15, 0.2) is 11.6 Å². The molecule has 1 saturated heterocycles. The van der Waals surface area contributed by atoms with Crippen molar-refractivity contribution in [2.45, 2.75) is 38.4 Å². The number of imidazole rings is 1. The van der Waals surface area contributed by atoms with E-state index in [0.717, 1.165) is 11.9 Å². The SMILES string of the molecule is CC(=O)c1nn(CC(=O)N2[C@@H]3C[C@@H]3C[C@H]2C(=O)Nc2cccc(-c3ccc4[nH]cnc4c3Cl)c2F)c2ccccc12. The molecule has 5 aromatic rings. The van der Waals surface area contributed by atoms with Crippen LogP contribution in [0.4, 0.5) is 10.1 Å². The molecule has 2 N–H and O–H groups in total. The van der Waals surface area contributed by atoms with Crippen LogP contribution in [-0.4, -0.2) is 54.3 Å². The number of halogens is 2. The van der Waals surface area contributed by atoms with Gasteiger partial charge in [-0.25, -0.2) is 9.37 Å². The topological polar surface area (TPSA) is 113 Å². The van der Waals surface area contributed by atoms with Gasteiger partial charge in [-0.15, -0.1) is 0 Å². The van der Waals surface area contributed by atoms with E-state index in [4.69, 9.17) is 11.6 Å². The number of hydrogen-bond donors (Lipinski definition) is 2. The minimum atomic E-state index is -0.743. The zero-order valence-corrected chi connectivity index (χ0v) is 22.7. The largest absolute Gasteiger partial charge is 0.345 e. The number of benzene rings is 3. The van der Waals surface area contributed by atoms with E-state index in [2.05, 4.69) is 20.4 Å². The number of ketones is 1. The van der Waals surface area contributed by atoms with Crippen molar-refractivity contribution >= 4 is 56.8 Å².